The summed E-state index contributed by atoms with van der Waals surface area (Å²) in [5.74, 6) is 0. The van der Waals surface area contributed by atoms with E-state index in [0.29, 0.717) is 0 Å². The summed E-state index contributed by atoms with van der Waals surface area (Å²) in [5, 5.41) is 0. The largest absolute Gasteiger partial charge is 0.301 e. The molecule has 5 heteroatoms. The van der Waals surface area contributed by atoms with Crippen molar-refractivity contribution in [3.63, 3.8) is 0 Å². The van der Waals surface area contributed by atoms with Crippen LogP contribution in [0.25, 0.3) is 4.44 Å². The first-order chi connectivity index (χ1) is 13.6. The average molecular weight is 505 g/mol. The van der Waals surface area contributed by atoms with Crippen molar-refractivity contribution < 1.29 is 0 Å². The molecule has 0 aliphatic heterocycles. The Morgan fingerprint density at radius 1 is 0.645 bits per heavy atom. The lowest BCUT2D eigenvalue weighted by Gasteiger charge is -2.51. The van der Waals surface area contributed by atoms with Crippen LogP contribution in [0, 0.1) is 5.41 Å². The first kappa shape index (κ1) is 29.4. The normalized spacial score (nSPS) is 15.1. The molecule has 0 spiro atoms. The zero-order valence-electron chi connectivity index (χ0n) is 23.7. The van der Waals surface area contributed by atoms with Gasteiger partial charge in [0.05, 0.1) is 0 Å². The minimum atomic E-state index is -1.35. The Balaban J connectivity index is 4.13. The molecule has 0 aliphatic rings. The summed E-state index contributed by atoms with van der Waals surface area (Å²) in [6.45, 7) is 39.6. The zero-order valence-corrected chi connectivity index (χ0v) is 28.9. The van der Waals surface area contributed by atoms with Crippen molar-refractivity contribution in [3.05, 3.63) is 42.0 Å². The van der Waals surface area contributed by atoms with E-state index in [2.05, 4.69) is 136 Å². The highest BCUT2D eigenvalue weighted by Crippen LogP contribution is 2.50. The lowest BCUT2D eigenvalue weighted by atomic mass is 9.95. The number of allylic oxidation sites excluding steroid dienone is 1. The van der Waals surface area contributed by atoms with Crippen molar-refractivity contribution in [2.24, 2.45) is 5.41 Å². The summed E-state index contributed by atoms with van der Waals surface area (Å²) < 4.78 is 3.84. The molecule has 31 heavy (non-hydrogen) atoms. The lowest BCUT2D eigenvalue weighted by Crippen LogP contribution is -2.61. The molecule has 0 radical (unpaired) electrons. The van der Waals surface area contributed by atoms with Gasteiger partial charge in [0.2, 0.25) is 0 Å². The maximum atomic E-state index is 2.74. The van der Waals surface area contributed by atoms with Crippen LogP contribution in [0.2, 0.25) is 86.6 Å². The van der Waals surface area contributed by atoms with E-state index in [1.54, 1.807) is 0 Å². The summed E-state index contributed by atoms with van der Waals surface area (Å²) >= 11 is -1.30. The number of hydrogen-bond donors (Lipinski definition) is 0. The minimum Gasteiger partial charge on any atom is -0.107 e. The molecule has 0 aromatic heterocycles. The van der Waals surface area contributed by atoms with Crippen molar-refractivity contribution >= 4 is 50.9 Å². The van der Waals surface area contributed by atoms with Crippen LogP contribution in [-0.2, 0) is 0 Å². The Morgan fingerprint density at radius 2 is 0.968 bits per heavy atom. The third-order valence-electron chi connectivity index (χ3n) is 6.51. The molecule has 0 amide bonds. The first-order valence-electron chi connectivity index (χ1n) is 12.3. The maximum Gasteiger partial charge on any atom is 0.301 e. The van der Waals surface area contributed by atoms with E-state index in [-0.39, 0.29) is 5.41 Å². The number of rotatable bonds is 8. The van der Waals surface area contributed by atoms with Gasteiger partial charge in [0.15, 0.2) is 0 Å². The van der Waals surface area contributed by atoms with Gasteiger partial charge in [-0.25, -0.2) is 0 Å². The van der Waals surface area contributed by atoms with Crippen molar-refractivity contribution in [3.8, 4) is 0 Å². The van der Waals surface area contributed by atoms with Crippen LogP contribution in [0.3, 0.4) is 0 Å². The van der Waals surface area contributed by atoms with Crippen molar-refractivity contribution in [2.75, 3.05) is 0 Å². The predicted octanol–water partition coefficient (Wildman–Crippen LogP) is 9.40. The molecular weight excluding hydrogens is 452 g/mol. The molecule has 0 nitrogen and oxygen atoms in total. The second-order valence-corrected chi connectivity index (χ2v) is 43.5. The smallest absolute Gasteiger partial charge is 0.107 e. The standard InChI is InChI=1S/C12H15.2C7H19Si2.Al/c1-12(2,3)10-9-11-7-5-4-6-8-11;2*1-8(2,3)7-9(4,5)6;/h4-8,10H,1-3H3;2*7H,1-6H3;. The third kappa shape index (κ3) is 8.58. The molecule has 1 rings (SSSR count). The SMILES string of the molecule is CC(C)(C)/C=[C](\c1ccccc1)[Al]([CH]([Si](C)(C)C)[Si](C)(C)C)[CH]([Si](C)(C)C)[Si](C)(C)C. The van der Waals surface area contributed by atoms with Crippen LogP contribution in [0.5, 0.6) is 0 Å². The fourth-order valence-electron chi connectivity index (χ4n) is 6.77. The molecule has 0 saturated carbocycles. The fraction of sp³-hybridized carbons (Fsp3) is 0.692. The highest BCUT2D eigenvalue weighted by molar-refractivity contribution is 7.21. The Labute approximate surface area is 204 Å². The van der Waals surface area contributed by atoms with Gasteiger partial charge < -0.3 is 0 Å². The van der Waals surface area contributed by atoms with Gasteiger partial charge in [-0.1, -0.05) is 144 Å². The summed E-state index contributed by atoms with van der Waals surface area (Å²) in [4.78, 5) is 0. The van der Waals surface area contributed by atoms with E-state index in [1.807, 2.05) is 4.44 Å². The monoisotopic (exact) mass is 504 g/mol. The van der Waals surface area contributed by atoms with E-state index in [0.717, 1.165) is 8.05 Å². The predicted molar refractivity (Wildman–Crippen MR) is 161 cm³/mol. The van der Waals surface area contributed by atoms with Crippen LogP contribution in [0.15, 0.2) is 36.4 Å². The molecule has 0 heterocycles. The van der Waals surface area contributed by atoms with Crippen LogP contribution in [-0.4, -0.2) is 46.4 Å². The summed E-state index contributed by atoms with van der Waals surface area (Å²) in [6.07, 6.45) is 2.74. The molecule has 1 aromatic rings. The Kier molecular flexibility index (Phi) is 9.41. The van der Waals surface area contributed by atoms with Gasteiger partial charge in [-0.05, 0) is 11.0 Å². The molecule has 0 saturated heterocycles. The van der Waals surface area contributed by atoms with Gasteiger partial charge in [0, 0.05) is 32.3 Å². The Morgan fingerprint density at radius 3 is 1.23 bits per heavy atom. The van der Waals surface area contributed by atoms with Crippen LogP contribution in [0.1, 0.15) is 26.3 Å². The van der Waals surface area contributed by atoms with E-state index >= 15 is 0 Å². The third-order valence-corrected chi connectivity index (χ3v) is 43.3. The summed E-state index contributed by atoms with van der Waals surface area (Å²) in [6, 6.07) is 11.6. The topological polar surface area (TPSA) is 0 Å². The van der Waals surface area contributed by atoms with E-state index in [4.69, 9.17) is 0 Å². The minimum absolute atomic E-state index is 0.212. The average Bonchev–Trinajstić information content (AvgIpc) is 2.46. The first-order valence-corrected chi connectivity index (χ1v) is 28.6. The lowest BCUT2D eigenvalue weighted by molar-refractivity contribution is 0.546. The fourth-order valence-corrected chi connectivity index (χ4v) is 53.9. The molecule has 0 fully saturated rings. The van der Waals surface area contributed by atoms with Gasteiger partial charge in [-0.3, -0.25) is 0 Å². The van der Waals surface area contributed by atoms with Crippen molar-refractivity contribution in [1.29, 1.82) is 0 Å². The molecule has 1 aromatic carbocycles. The zero-order chi connectivity index (χ0) is 24.6. The number of benzene rings is 1. The second kappa shape index (κ2) is 9.92. The number of hydrogen-bond acceptors (Lipinski definition) is 0. The molecule has 0 atom stereocenters. The van der Waals surface area contributed by atoms with Gasteiger partial charge >= 0.3 is 14.1 Å². The van der Waals surface area contributed by atoms with E-state index in [9.17, 15) is 0 Å². The molecular formula is C26H53AlSi4. The van der Waals surface area contributed by atoms with Gasteiger partial charge in [0.25, 0.3) is 0 Å². The highest BCUT2D eigenvalue weighted by Gasteiger charge is 2.56. The van der Waals surface area contributed by atoms with Crippen molar-refractivity contribution in [2.45, 2.75) is 107 Å². The van der Waals surface area contributed by atoms with Crippen LogP contribution >= 0.6 is 0 Å². The molecule has 0 N–H and O–H groups in total. The molecule has 0 aliphatic carbocycles. The summed E-state index contributed by atoms with van der Waals surface area (Å²) in [7, 11) is -5.40. The Hall–Kier alpha value is 0.360. The van der Waals surface area contributed by atoms with Gasteiger partial charge in [-0.2, -0.15) is 0 Å². The maximum absolute atomic E-state index is 2.74. The van der Waals surface area contributed by atoms with Crippen LogP contribution in [0.4, 0.5) is 0 Å². The highest BCUT2D eigenvalue weighted by atomic mass is 28.4. The Bertz CT molecular complexity index is 675. The molecule has 176 valence electrons. The quantitative estimate of drug-likeness (QED) is 0.309. The van der Waals surface area contributed by atoms with Crippen LogP contribution < -0.4 is 0 Å². The summed E-state index contributed by atoms with van der Waals surface area (Å²) in [5.41, 5.74) is 1.75. The van der Waals surface area contributed by atoms with E-state index < -0.39 is 46.4 Å². The second-order valence-electron chi connectivity index (χ2n) is 15.3. The molecule has 0 bridgehead atoms. The van der Waals surface area contributed by atoms with Gasteiger partial charge in [0.1, 0.15) is 0 Å². The van der Waals surface area contributed by atoms with E-state index in [1.165, 1.54) is 5.56 Å². The molecule has 0 unspecified atom stereocenters. The van der Waals surface area contributed by atoms with Gasteiger partial charge in [-0.15, -0.1) is 4.44 Å². The van der Waals surface area contributed by atoms with Crippen molar-refractivity contribution in [1.82, 2.24) is 0 Å².